The number of benzene rings is 1. The molecule has 124 valence electrons. The van der Waals surface area contributed by atoms with Crippen molar-refractivity contribution in [3.05, 3.63) is 65.5 Å². The first kappa shape index (κ1) is 19.4. The van der Waals surface area contributed by atoms with E-state index in [1.54, 1.807) is 11.1 Å². The second-order valence-electron chi connectivity index (χ2n) is 5.42. The van der Waals surface area contributed by atoms with Crippen molar-refractivity contribution in [3.63, 3.8) is 0 Å². The van der Waals surface area contributed by atoms with Gasteiger partial charge in [0.15, 0.2) is 0 Å². The van der Waals surface area contributed by atoms with Crippen LogP contribution in [-0.4, -0.2) is 28.9 Å². The Morgan fingerprint density at radius 2 is 1.87 bits per heavy atom. The lowest BCUT2D eigenvalue weighted by atomic mass is 9.95. The summed E-state index contributed by atoms with van der Waals surface area (Å²) in [6.45, 7) is 1.30. The molecule has 3 rings (SSSR count). The Bertz CT molecular complexity index is 637. The number of fused-ring (bicyclic) bond motifs is 1. The maximum Gasteiger partial charge on any atom is 0.240 e. The van der Waals surface area contributed by atoms with E-state index in [0.29, 0.717) is 6.54 Å². The summed E-state index contributed by atoms with van der Waals surface area (Å²) in [5.74, 6) is 0.121. The van der Waals surface area contributed by atoms with Crippen molar-refractivity contribution in [2.24, 2.45) is 0 Å². The number of amides is 1. The maximum absolute atomic E-state index is 12.5. The molecule has 23 heavy (non-hydrogen) atoms. The van der Waals surface area contributed by atoms with Crippen LogP contribution in [0.1, 0.15) is 16.8 Å². The molecule has 0 fully saturated rings. The lowest BCUT2D eigenvalue weighted by Gasteiger charge is -2.29. The number of pyridine rings is 1. The van der Waals surface area contributed by atoms with Crippen molar-refractivity contribution < 1.29 is 4.79 Å². The Morgan fingerprint density at radius 1 is 1.17 bits per heavy atom. The molecule has 0 radical (unpaired) electrons. The Morgan fingerprint density at radius 3 is 2.57 bits per heavy atom. The number of nitrogens with zero attached hydrogens (tertiary/aromatic N) is 2. The van der Waals surface area contributed by atoms with Crippen LogP contribution in [0.5, 0.6) is 0 Å². The number of likely N-dealkylation sites (N-methyl/N-ethyl adjacent to an activating group) is 1. The molecule has 2 heterocycles. The van der Waals surface area contributed by atoms with Gasteiger partial charge in [0.2, 0.25) is 5.91 Å². The van der Waals surface area contributed by atoms with Gasteiger partial charge in [-0.2, -0.15) is 0 Å². The van der Waals surface area contributed by atoms with Crippen LogP contribution in [-0.2, 0) is 24.3 Å². The van der Waals surface area contributed by atoms with Crippen LogP contribution in [0.25, 0.3) is 0 Å². The third-order valence-corrected chi connectivity index (χ3v) is 3.88. The van der Waals surface area contributed by atoms with E-state index in [1.165, 1.54) is 11.1 Å². The molecule has 1 aromatic carbocycles. The highest BCUT2D eigenvalue weighted by Crippen LogP contribution is 2.17. The summed E-state index contributed by atoms with van der Waals surface area (Å²) in [4.78, 5) is 18.6. The minimum Gasteiger partial charge on any atom is -0.338 e. The van der Waals surface area contributed by atoms with E-state index in [9.17, 15) is 4.79 Å². The SMILES string of the molecule is CN(Cc1ccccn1)C(=O)C1Cc2ccccc2CN1.Cl.Cl. The molecule has 0 spiro atoms. The topological polar surface area (TPSA) is 45.2 Å². The fourth-order valence-electron chi connectivity index (χ4n) is 2.71. The average molecular weight is 354 g/mol. The predicted octanol–water partition coefficient (Wildman–Crippen LogP) is 2.60. The zero-order valence-electron chi connectivity index (χ0n) is 12.9. The van der Waals surface area contributed by atoms with Crippen molar-refractivity contribution in [1.29, 1.82) is 0 Å². The second-order valence-corrected chi connectivity index (χ2v) is 5.42. The van der Waals surface area contributed by atoms with Crippen LogP contribution in [0, 0.1) is 0 Å². The number of hydrogen-bond acceptors (Lipinski definition) is 3. The highest BCUT2D eigenvalue weighted by molar-refractivity contribution is 5.85. The molecule has 4 nitrogen and oxygen atoms in total. The first-order chi connectivity index (χ1) is 10.2. The Labute approximate surface area is 149 Å². The molecule has 1 atom stereocenters. The van der Waals surface area contributed by atoms with E-state index in [0.717, 1.165) is 18.7 Å². The number of carbonyl (C=O) groups is 1. The summed E-state index contributed by atoms with van der Waals surface area (Å²) in [5, 5.41) is 3.33. The van der Waals surface area contributed by atoms with Gasteiger partial charge in [-0.3, -0.25) is 9.78 Å². The summed E-state index contributed by atoms with van der Waals surface area (Å²) in [6, 6.07) is 13.9. The number of aromatic nitrogens is 1. The summed E-state index contributed by atoms with van der Waals surface area (Å²) in [6.07, 6.45) is 2.50. The number of carbonyl (C=O) groups excluding carboxylic acids is 1. The first-order valence-electron chi connectivity index (χ1n) is 7.19. The molecule has 1 aliphatic heterocycles. The quantitative estimate of drug-likeness (QED) is 0.922. The van der Waals surface area contributed by atoms with E-state index in [1.807, 2.05) is 37.4 Å². The van der Waals surface area contributed by atoms with Crippen LogP contribution < -0.4 is 5.32 Å². The highest BCUT2D eigenvalue weighted by Gasteiger charge is 2.26. The van der Waals surface area contributed by atoms with Gasteiger partial charge >= 0.3 is 0 Å². The summed E-state index contributed by atoms with van der Waals surface area (Å²) in [7, 11) is 1.83. The molecule has 0 bridgehead atoms. The van der Waals surface area contributed by atoms with Crippen molar-refractivity contribution in [2.75, 3.05) is 7.05 Å². The van der Waals surface area contributed by atoms with Crippen molar-refractivity contribution >= 4 is 30.7 Å². The summed E-state index contributed by atoms with van der Waals surface area (Å²) >= 11 is 0. The maximum atomic E-state index is 12.5. The fraction of sp³-hybridized carbons (Fsp3) is 0.294. The number of nitrogens with one attached hydrogen (secondary N) is 1. The van der Waals surface area contributed by atoms with Gasteiger partial charge in [-0.25, -0.2) is 0 Å². The number of rotatable bonds is 3. The molecule has 0 aliphatic carbocycles. The van der Waals surface area contributed by atoms with Crippen LogP contribution in [0.2, 0.25) is 0 Å². The molecule has 1 aromatic heterocycles. The van der Waals surface area contributed by atoms with Crippen LogP contribution in [0.3, 0.4) is 0 Å². The van der Waals surface area contributed by atoms with Crippen molar-refractivity contribution in [3.8, 4) is 0 Å². The smallest absolute Gasteiger partial charge is 0.240 e. The van der Waals surface area contributed by atoms with Crippen LogP contribution in [0.4, 0.5) is 0 Å². The molecule has 0 saturated heterocycles. The Kier molecular flexibility index (Phi) is 7.49. The molecule has 6 heteroatoms. The second kappa shape index (κ2) is 8.87. The molecule has 1 N–H and O–H groups in total. The average Bonchev–Trinajstić information content (AvgIpc) is 2.54. The predicted molar refractivity (Wildman–Crippen MR) is 96.0 cm³/mol. The summed E-state index contributed by atoms with van der Waals surface area (Å²) in [5.41, 5.74) is 3.46. The molecule has 1 amide bonds. The van der Waals surface area contributed by atoms with Gasteiger partial charge in [0, 0.05) is 19.8 Å². The monoisotopic (exact) mass is 353 g/mol. The molecule has 1 aliphatic rings. The van der Waals surface area contributed by atoms with E-state index in [-0.39, 0.29) is 36.8 Å². The standard InChI is InChI=1S/C17H19N3O.2ClH/c1-20(12-15-8-4-5-9-18-15)17(21)16-10-13-6-2-3-7-14(13)11-19-16;;/h2-9,16,19H,10-12H2,1H3;2*1H. The first-order valence-corrected chi connectivity index (χ1v) is 7.19. The van der Waals surface area contributed by atoms with Gasteiger partial charge < -0.3 is 10.2 Å². The third-order valence-electron chi connectivity index (χ3n) is 3.88. The molecular formula is C17H21Cl2N3O. The van der Waals surface area contributed by atoms with Crippen molar-refractivity contribution in [1.82, 2.24) is 15.2 Å². The highest BCUT2D eigenvalue weighted by atomic mass is 35.5. The minimum absolute atomic E-state index is 0. The third kappa shape index (κ3) is 4.67. The lowest BCUT2D eigenvalue weighted by molar-refractivity contribution is -0.132. The van der Waals surface area contributed by atoms with Crippen LogP contribution >= 0.6 is 24.8 Å². The zero-order valence-corrected chi connectivity index (χ0v) is 14.6. The van der Waals surface area contributed by atoms with Gasteiger partial charge in [-0.1, -0.05) is 30.3 Å². The van der Waals surface area contributed by atoms with E-state index in [2.05, 4.69) is 22.4 Å². The van der Waals surface area contributed by atoms with E-state index < -0.39 is 0 Å². The van der Waals surface area contributed by atoms with Crippen molar-refractivity contribution in [2.45, 2.75) is 25.6 Å². The zero-order chi connectivity index (χ0) is 14.7. The minimum atomic E-state index is -0.145. The van der Waals surface area contributed by atoms with Gasteiger partial charge in [0.05, 0.1) is 18.3 Å². The number of halogens is 2. The lowest BCUT2D eigenvalue weighted by Crippen LogP contribution is -2.48. The Hall–Kier alpha value is -1.62. The van der Waals surface area contributed by atoms with E-state index >= 15 is 0 Å². The van der Waals surface area contributed by atoms with Gasteiger partial charge in [0.25, 0.3) is 0 Å². The van der Waals surface area contributed by atoms with Gasteiger partial charge in [0.1, 0.15) is 0 Å². The van der Waals surface area contributed by atoms with Gasteiger partial charge in [-0.05, 0) is 29.7 Å². The van der Waals surface area contributed by atoms with Crippen LogP contribution in [0.15, 0.2) is 48.7 Å². The number of hydrogen-bond donors (Lipinski definition) is 1. The molecule has 1 unspecified atom stereocenters. The Balaban J connectivity index is 0.00000132. The molecular weight excluding hydrogens is 333 g/mol. The van der Waals surface area contributed by atoms with E-state index in [4.69, 9.17) is 0 Å². The molecule has 2 aromatic rings. The normalized spacial score (nSPS) is 15.6. The molecule has 0 saturated carbocycles. The largest absolute Gasteiger partial charge is 0.338 e. The fourth-order valence-corrected chi connectivity index (χ4v) is 2.71. The summed E-state index contributed by atoms with van der Waals surface area (Å²) < 4.78 is 0. The van der Waals surface area contributed by atoms with Gasteiger partial charge in [-0.15, -0.1) is 24.8 Å².